The van der Waals surface area contributed by atoms with Gasteiger partial charge in [-0.25, -0.2) is 4.98 Å². The Balaban J connectivity index is 1.93. The predicted octanol–water partition coefficient (Wildman–Crippen LogP) is 3.15. The lowest BCUT2D eigenvalue weighted by atomic mass is 10.1. The summed E-state index contributed by atoms with van der Waals surface area (Å²) in [6.45, 7) is 0.591. The Bertz CT molecular complexity index is 500. The van der Waals surface area contributed by atoms with Gasteiger partial charge in [0.2, 0.25) is 0 Å². The molecule has 1 heterocycles. The second-order valence-corrected chi connectivity index (χ2v) is 5.14. The van der Waals surface area contributed by atoms with Gasteiger partial charge in [0.1, 0.15) is 0 Å². The van der Waals surface area contributed by atoms with Crippen LogP contribution in [0.4, 0.5) is 0 Å². The summed E-state index contributed by atoms with van der Waals surface area (Å²) < 4.78 is 0. The van der Waals surface area contributed by atoms with E-state index in [4.69, 9.17) is 10.7 Å². The molecule has 2 nitrogen and oxygen atoms in total. The van der Waals surface area contributed by atoms with Crippen LogP contribution >= 0.6 is 11.3 Å². The minimum absolute atomic E-state index is 0.591. The maximum absolute atomic E-state index is 5.64. The van der Waals surface area contributed by atoms with Crippen molar-refractivity contribution in [3.05, 3.63) is 40.2 Å². The molecule has 1 fully saturated rings. The van der Waals surface area contributed by atoms with Gasteiger partial charge in [0.25, 0.3) is 0 Å². The van der Waals surface area contributed by atoms with Crippen molar-refractivity contribution in [2.45, 2.75) is 25.3 Å². The average molecular weight is 230 g/mol. The Morgan fingerprint density at radius 1 is 1.38 bits per heavy atom. The zero-order chi connectivity index (χ0) is 11.0. The molecular weight excluding hydrogens is 216 g/mol. The molecular formula is C13H14N2S. The van der Waals surface area contributed by atoms with Crippen LogP contribution in [0.1, 0.15) is 29.3 Å². The van der Waals surface area contributed by atoms with Crippen molar-refractivity contribution in [2.75, 3.05) is 0 Å². The zero-order valence-corrected chi connectivity index (χ0v) is 9.83. The van der Waals surface area contributed by atoms with Gasteiger partial charge in [-0.3, -0.25) is 0 Å². The van der Waals surface area contributed by atoms with Crippen LogP contribution in [0.2, 0.25) is 0 Å². The van der Waals surface area contributed by atoms with Crippen LogP contribution in [0.15, 0.2) is 29.6 Å². The summed E-state index contributed by atoms with van der Waals surface area (Å²) in [6.07, 6.45) is 2.63. The molecule has 16 heavy (non-hydrogen) atoms. The summed E-state index contributed by atoms with van der Waals surface area (Å²) in [5.41, 5.74) is 9.09. The normalized spacial score (nSPS) is 15.3. The largest absolute Gasteiger partial charge is 0.326 e. The maximum Gasteiger partial charge on any atom is 0.0963 e. The molecule has 1 aliphatic rings. The first kappa shape index (κ1) is 10.00. The van der Waals surface area contributed by atoms with E-state index in [9.17, 15) is 0 Å². The zero-order valence-electron chi connectivity index (χ0n) is 9.02. The van der Waals surface area contributed by atoms with E-state index in [1.165, 1.54) is 29.0 Å². The van der Waals surface area contributed by atoms with Gasteiger partial charge in [0, 0.05) is 23.4 Å². The summed E-state index contributed by atoms with van der Waals surface area (Å²) in [5.74, 6) is 0.747. The number of nitrogens with two attached hydrogens (primary N) is 1. The summed E-state index contributed by atoms with van der Waals surface area (Å²) in [6, 6.07) is 8.34. The van der Waals surface area contributed by atoms with Crippen molar-refractivity contribution >= 4 is 11.3 Å². The minimum Gasteiger partial charge on any atom is -0.326 e. The third-order valence-electron chi connectivity index (χ3n) is 2.91. The van der Waals surface area contributed by atoms with E-state index >= 15 is 0 Å². The van der Waals surface area contributed by atoms with Gasteiger partial charge in [0.15, 0.2) is 0 Å². The van der Waals surface area contributed by atoms with Crippen LogP contribution in [0.5, 0.6) is 0 Å². The second kappa shape index (κ2) is 4.00. The number of rotatable bonds is 3. The number of nitrogens with zero attached hydrogens (tertiary/aromatic N) is 1. The summed E-state index contributed by atoms with van der Waals surface area (Å²) in [4.78, 5) is 4.70. The lowest BCUT2D eigenvalue weighted by Crippen LogP contribution is -1.95. The fourth-order valence-corrected chi connectivity index (χ4v) is 2.80. The molecule has 0 radical (unpaired) electrons. The molecule has 0 bridgehead atoms. The van der Waals surface area contributed by atoms with Gasteiger partial charge in [-0.1, -0.05) is 18.2 Å². The van der Waals surface area contributed by atoms with Crippen molar-refractivity contribution in [1.29, 1.82) is 0 Å². The molecule has 0 amide bonds. The van der Waals surface area contributed by atoms with Crippen LogP contribution in [0.3, 0.4) is 0 Å². The molecule has 2 N–H and O–H groups in total. The van der Waals surface area contributed by atoms with Gasteiger partial charge in [-0.05, 0) is 24.5 Å². The van der Waals surface area contributed by atoms with E-state index in [-0.39, 0.29) is 0 Å². The van der Waals surface area contributed by atoms with E-state index in [1.807, 2.05) is 6.07 Å². The topological polar surface area (TPSA) is 38.9 Å². The Morgan fingerprint density at radius 2 is 2.25 bits per heavy atom. The van der Waals surface area contributed by atoms with Crippen LogP contribution < -0.4 is 5.73 Å². The van der Waals surface area contributed by atoms with Crippen molar-refractivity contribution in [3.63, 3.8) is 0 Å². The van der Waals surface area contributed by atoms with E-state index in [0.717, 1.165) is 11.6 Å². The minimum atomic E-state index is 0.591. The molecule has 2 aromatic rings. The first-order valence-electron chi connectivity index (χ1n) is 5.61. The summed E-state index contributed by atoms with van der Waals surface area (Å²) in [7, 11) is 0. The predicted molar refractivity (Wildman–Crippen MR) is 67.4 cm³/mol. The van der Waals surface area contributed by atoms with Gasteiger partial charge in [0.05, 0.1) is 10.7 Å². The fraction of sp³-hybridized carbons (Fsp3) is 0.308. The van der Waals surface area contributed by atoms with Crippen molar-refractivity contribution in [3.8, 4) is 11.3 Å². The van der Waals surface area contributed by atoms with Gasteiger partial charge in [-0.2, -0.15) is 0 Å². The molecule has 1 aromatic heterocycles. The van der Waals surface area contributed by atoms with Crippen molar-refractivity contribution < 1.29 is 0 Å². The summed E-state index contributed by atoms with van der Waals surface area (Å²) >= 11 is 1.79. The highest BCUT2D eigenvalue weighted by molar-refractivity contribution is 7.10. The lowest BCUT2D eigenvalue weighted by molar-refractivity contribution is 1.07. The Labute approximate surface area is 99.1 Å². The third kappa shape index (κ3) is 1.88. The maximum atomic E-state index is 5.64. The molecule has 3 heteroatoms. The van der Waals surface area contributed by atoms with Crippen LogP contribution in [0.25, 0.3) is 11.3 Å². The van der Waals surface area contributed by atoms with Crippen LogP contribution in [-0.2, 0) is 6.54 Å². The van der Waals surface area contributed by atoms with Gasteiger partial charge < -0.3 is 5.73 Å². The Kier molecular flexibility index (Phi) is 2.50. The lowest BCUT2D eigenvalue weighted by Gasteiger charge is -2.00. The highest BCUT2D eigenvalue weighted by Gasteiger charge is 2.26. The summed E-state index contributed by atoms with van der Waals surface area (Å²) in [5, 5.41) is 3.46. The number of thiazole rings is 1. The standard InChI is InChI=1S/C13H14N2S/c14-7-9-2-1-3-11(6-9)12-8-16-13(15-12)10-4-5-10/h1-3,6,8,10H,4-5,7,14H2. The molecule has 82 valence electrons. The number of aromatic nitrogens is 1. The molecule has 1 aliphatic carbocycles. The average Bonchev–Trinajstić information content (AvgIpc) is 3.07. The highest BCUT2D eigenvalue weighted by Crippen LogP contribution is 2.42. The second-order valence-electron chi connectivity index (χ2n) is 4.25. The number of hydrogen-bond acceptors (Lipinski definition) is 3. The fourth-order valence-electron chi connectivity index (χ4n) is 1.80. The van der Waals surface area contributed by atoms with Gasteiger partial charge in [-0.15, -0.1) is 11.3 Å². The monoisotopic (exact) mass is 230 g/mol. The van der Waals surface area contributed by atoms with E-state index in [0.29, 0.717) is 6.54 Å². The van der Waals surface area contributed by atoms with Crippen LogP contribution in [-0.4, -0.2) is 4.98 Å². The SMILES string of the molecule is NCc1cccc(-c2csc(C3CC3)n2)c1. The smallest absolute Gasteiger partial charge is 0.0963 e. The Hall–Kier alpha value is -1.19. The van der Waals surface area contributed by atoms with Gasteiger partial charge >= 0.3 is 0 Å². The molecule has 0 saturated heterocycles. The third-order valence-corrected chi connectivity index (χ3v) is 3.91. The van der Waals surface area contributed by atoms with E-state index in [1.54, 1.807) is 11.3 Å². The first-order valence-corrected chi connectivity index (χ1v) is 6.49. The van der Waals surface area contributed by atoms with Crippen molar-refractivity contribution in [1.82, 2.24) is 4.98 Å². The molecule has 0 atom stereocenters. The molecule has 0 unspecified atom stereocenters. The molecule has 1 saturated carbocycles. The van der Waals surface area contributed by atoms with Crippen molar-refractivity contribution in [2.24, 2.45) is 5.73 Å². The quantitative estimate of drug-likeness (QED) is 0.879. The van der Waals surface area contributed by atoms with E-state index < -0.39 is 0 Å². The first-order chi connectivity index (χ1) is 7.86. The van der Waals surface area contributed by atoms with Crippen LogP contribution in [0, 0.1) is 0 Å². The molecule has 0 aliphatic heterocycles. The highest BCUT2D eigenvalue weighted by atomic mass is 32.1. The number of benzene rings is 1. The molecule has 3 rings (SSSR count). The molecule has 1 aromatic carbocycles. The molecule has 0 spiro atoms. The Morgan fingerprint density at radius 3 is 3.00 bits per heavy atom. The van der Waals surface area contributed by atoms with E-state index in [2.05, 4.69) is 23.6 Å². The number of hydrogen-bond donors (Lipinski definition) is 1.